The molecule has 0 radical (unpaired) electrons. The van der Waals surface area contributed by atoms with Gasteiger partial charge in [-0.15, -0.1) is 0 Å². The maximum absolute atomic E-state index is 13.2. The summed E-state index contributed by atoms with van der Waals surface area (Å²) in [5.74, 6) is 0.478. The molecule has 1 saturated heterocycles. The summed E-state index contributed by atoms with van der Waals surface area (Å²) in [4.78, 5) is 27.6. The third-order valence-corrected chi connectivity index (χ3v) is 7.91. The monoisotopic (exact) mass is 530 g/mol. The van der Waals surface area contributed by atoms with Gasteiger partial charge >= 0.3 is 0 Å². The maximum atomic E-state index is 13.2. The molecule has 5 rings (SSSR count). The number of imide groups is 1. The van der Waals surface area contributed by atoms with Gasteiger partial charge in [0.2, 0.25) is 0 Å². The molecule has 1 aliphatic heterocycles. The van der Waals surface area contributed by atoms with Crippen LogP contribution >= 0.6 is 23.4 Å². The molecule has 0 unspecified atom stereocenters. The van der Waals surface area contributed by atoms with Gasteiger partial charge in [-0.1, -0.05) is 60.1 Å². The van der Waals surface area contributed by atoms with Gasteiger partial charge in [0.15, 0.2) is 0 Å². The smallest absolute Gasteiger partial charge is 0.293 e. The fourth-order valence-corrected chi connectivity index (χ4v) is 5.62. The number of benzene rings is 3. The lowest BCUT2D eigenvalue weighted by Gasteiger charge is -2.14. The predicted molar refractivity (Wildman–Crippen MR) is 151 cm³/mol. The van der Waals surface area contributed by atoms with Crippen molar-refractivity contribution in [2.75, 3.05) is 13.2 Å². The number of para-hydroxylation sites is 1. The first-order chi connectivity index (χ1) is 17.8. The Labute approximate surface area is 225 Å². The van der Waals surface area contributed by atoms with Crippen LogP contribution in [0.4, 0.5) is 4.79 Å². The van der Waals surface area contributed by atoms with Crippen LogP contribution in [-0.4, -0.2) is 33.8 Å². The highest BCUT2D eigenvalue weighted by molar-refractivity contribution is 8.18. The van der Waals surface area contributed by atoms with Crippen LogP contribution in [0.15, 0.2) is 71.6 Å². The van der Waals surface area contributed by atoms with Crippen molar-refractivity contribution in [3.05, 3.63) is 105 Å². The fraction of sp³-hybridized carbons (Fsp3) is 0.200. The highest BCUT2D eigenvalue weighted by atomic mass is 35.5. The molecular formula is C30H27ClN2O3S. The first-order valence-electron chi connectivity index (χ1n) is 12.1. The van der Waals surface area contributed by atoms with E-state index in [1.54, 1.807) is 0 Å². The number of aryl methyl sites for hydroxylation is 2. The summed E-state index contributed by atoms with van der Waals surface area (Å²) in [5.41, 5.74) is 6.11. The summed E-state index contributed by atoms with van der Waals surface area (Å²) in [6.07, 6.45) is 1.84. The van der Waals surface area contributed by atoms with E-state index in [9.17, 15) is 9.59 Å². The molecule has 0 N–H and O–H groups in total. The number of carbonyl (C=O) groups excluding carboxylic acids is 2. The van der Waals surface area contributed by atoms with Crippen molar-refractivity contribution in [2.45, 2.75) is 27.3 Å². The van der Waals surface area contributed by atoms with Crippen LogP contribution in [0, 0.1) is 20.8 Å². The number of hydrogen-bond acceptors (Lipinski definition) is 4. The minimum absolute atomic E-state index is 0.197. The molecule has 1 fully saturated rings. The molecule has 0 atom stereocenters. The second-order valence-corrected chi connectivity index (χ2v) is 10.5. The van der Waals surface area contributed by atoms with Crippen molar-refractivity contribution < 1.29 is 14.3 Å². The molecule has 37 heavy (non-hydrogen) atoms. The molecule has 2 heterocycles. The molecule has 5 nitrogen and oxygen atoms in total. The highest BCUT2D eigenvalue weighted by Crippen LogP contribution is 2.36. The van der Waals surface area contributed by atoms with Crippen molar-refractivity contribution in [1.82, 2.24) is 9.47 Å². The van der Waals surface area contributed by atoms with Crippen molar-refractivity contribution in [3.63, 3.8) is 0 Å². The Kier molecular flexibility index (Phi) is 7.13. The summed E-state index contributed by atoms with van der Waals surface area (Å²) in [7, 11) is 0. The molecule has 7 heteroatoms. The largest absolute Gasteiger partial charge is 0.491 e. The quantitative estimate of drug-likeness (QED) is 0.234. The molecule has 1 aliphatic rings. The molecule has 0 saturated carbocycles. The maximum Gasteiger partial charge on any atom is 0.293 e. The van der Waals surface area contributed by atoms with E-state index < -0.39 is 0 Å². The van der Waals surface area contributed by atoms with Gasteiger partial charge in [0, 0.05) is 33.7 Å². The number of carbonyl (C=O) groups is 2. The normalized spacial score (nSPS) is 14.8. The number of hydrogen-bond donors (Lipinski definition) is 0. The Bertz CT molecular complexity index is 1560. The average Bonchev–Trinajstić information content (AvgIpc) is 3.30. The third-order valence-electron chi connectivity index (χ3n) is 6.63. The number of ether oxygens (including phenoxy) is 1. The van der Waals surface area contributed by atoms with E-state index in [-0.39, 0.29) is 24.3 Å². The van der Waals surface area contributed by atoms with Crippen LogP contribution in [0.2, 0.25) is 5.02 Å². The molecule has 188 valence electrons. The van der Waals surface area contributed by atoms with E-state index >= 15 is 0 Å². The van der Waals surface area contributed by atoms with E-state index in [4.69, 9.17) is 16.3 Å². The lowest BCUT2D eigenvalue weighted by Crippen LogP contribution is -2.32. The first-order valence-corrected chi connectivity index (χ1v) is 13.3. The van der Waals surface area contributed by atoms with E-state index in [2.05, 4.69) is 10.6 Å². The average molecular weight is 531 g/mol. The van der Waals surface area contributed by atoms with Crippen molar-refractivity contribution in [1.29, 1.82) is 0 Å². The zero-order valence-electron chi connectivity index (χ0n) is 21.0. The second kappa shape index (κ2) is 10.5. The fourth-order valence-electron chi connectivity index (χ4n) is 4.57. The molecule has 0 spiro atoms. The Hall–Kier alpha value is -3.48. The number of nitrogens with zero attached hydrogens (tertiary/aromatic N) is 2. The van der Waals surface area contributed by atoms with E-state index in [0.717, 1.165) is 56.4 Å². The highest BCUT2D eigenvalue weighted by Gasteiger charge is 2.35. The van der Waals surface area contributed by atoms with Gasteiger partial charge in [0.05, 0.1) is 11.4 Å². The topological polar surface area (TPSA) is 51.5 Å². The van der Waals surface area contributed by atoms with Gasteiger partial charge in [0.1, 0.15) is 12.4 Å². The summed E-state index contributed by atoms with van der Waals surface area (Å²) in [5, 5.41) is 1.46. The summed E-state index contributed by atoms with van der Waals surface area (Å²) >= 11 is 7.42. The van der Waals surface area contributed by atoms with E-state index in [1.807, 2.05) is 87.5 Å². The number of halogens is 1. The SMILES string of the molecule is Cc1ccc(C)c(OCCN2C(=O)S/C(=C\c3c(C)n(Cc4ccccc4Cl)c4ccccc34)C2=O)c1. The first kappa shape index (κ1) is 25.2. The second-order valence-electron chi connectivity index (χ2n) is 9.14. The van der Waals surface area contributed by atoms with Crippen LogP contribution in [0.25, 0.3) is 17.0 Å². The Morgan fingerprint density at radius 2 is 1.73 bits per heavy atom. The van der Waals surface area contributed by atoms with Crippen LogP contribution in [0.3, 0.4) is 0 Å². The minimum Gasteiger partial charge on any atom is -0.491 e. The van der Waals surface area contributed by atoms with Gasteiger partial charge < -0.3 is 9.30 Å². The lowest BCUT2D eigenvalue weighted by atomic mass is 10.1. The Morgan fingerprint density at radius 1 is 0.973 bits per heavy atom. The number of amides is 2. The van der Waals surface area contributed by atoms with Gasteiger partial charge in [-0.2, -0.15) is 0 Å². The summed E-state index contributed by atoms with van der Waals surface area (Å²) in [6, 6.07) is 21.9. The van der Waals surface area contributed by atoms with Crippen LogP contribution in [-0.2, 0) is 11.3 Å². The summed E-state index contributed by atoms with van der Waals surface area (Å²) < 4.78 is 8.09. The van der Waals surface area contributed by atoms with Crippen molar-refractivity contribution >= 4 is 51.5 Å². The van der Waals surface area contributed by atoms with Gasteiger partial charge in [-0.3, -0.25) is 14.5 Å². The number of thioether (sulfide) groups is 1. The van der Waals surface area contributed by atoms with Gasteiger partial charge in [-0.25, -0.2) is 0 Å². The van der Waals surface area contributed by atoms with Crippen LogP contribution < -0.4 is 4.74 Å². The molecule has 0 bridgehead atoms. The minimum atomic E-state index is -0.290. The Morgan fingerprint density at radius 3 is 2.54 bits per heavy atom. The van der Waals surface area contributed by atoms with Crippen molar-refractivity contribution in [3.8, 4) is 5.75 Å². The molecule has 3 aromatic carbocycles. The van der Waals surface area contributed by atoms with E-state index in [1.165, 1.54) is 4.90 Å². The predicted octanol–water partition coefficient (Wildman–Crippen LogP) is 7.38. The number of fused-ring (bicyclic) bond motifs is 1. The number of rotatable bonds is 7. The summed E-state index contributed by atoms with van der Waals surface area (Å²) in [6.45, 7) is 7.06. The third kappa shape index (κ3) is 5.04. The molecule has 2 amide bonds. The van der Waals surface area contributed by atoms with Crippen LogP contribution in [0.5, 0.6) is 5.75 Å². The Balaban J connectivity index is 1.39. The molecular weight excluding hydrogens is 504 g/mol. The van der Waals surface area contributed by atoms with Gasteiger partial charge in [-0.05, 0) is 73.5 Å². The number of aromatic nitrogens is 1. The van der Waals surface area contributed by atoms with E-state index in [0.29, 0.717) is 16.5 Å². The van der Waals surface area contributed by atoms with Crippen molar-refractivity contribution in [2.24, 2.45) is 0 Å². The van der Waals surface area contributed by atoms with Gasteiger partial charge in [0.25, 0.3) is 11.1 Å². The van der Waals surface area contributed by atoms with Crippen LogP contribution in [0.1, 0.15) is 27.9 Å². The molecule has 4 aromatic rings. The zero-order chi connectivity index (χ0) is 26.1. The molecule has 1 aromatic heterocycles. The zero-order valence-corrected chi connectivity index (χ0v) is 22.5. The lowest BCUT2D eigenvalue weighted by molar-refractivity contribution is -0.123. The standard InChI is InChI=1S/C30H27ClN2O3S/c1-19-12-13-20(2)27(16-19)36-15-14-32-29(34)28(37-30(32)35)17-24-21(3)33(26-11-7-5-9-23(24)26)18-22-8-4-6-10-25(22)31/h4-13,16-17H,14-15,18H2,1-3H3/b28-17-. The molecule has 0 aliphatic carbocycles.